The summed E-state index contributed by atoms with van der Waals surface area (Å²) >= 11 is 6.52. The van der Waals surface area contributed by atoms with Crippen LogP contribution in [0.3, 0.4) is 0 Å². The molecular formula is C19H15NO4S2. The van der Waals surface area contributed by atoms with Crippen molar-refractivity contribution in [3.63, 3.8) is 0 Å². The van der Waals surface area contributed by atoms with Crippen LogP contribution in [0, 0.1) is 0 Å². The Balaban J connectivity index is 1.84. The Morgan fingerprint density at radius 2 is 2.00 bits per heavy atom. The van der Waals surface area contributed by atoms with E-state index in [0.717, 1.165) is 0 Å². The number of benzene rings is 2. The summed E-state index contributed by atoms with van der Waals surface area (Å²) in [5.41, 5.74) is 1.71. The Labute approximate surface area is 160 Å². The number of esters is 1. The zero-order valence-corrected chi connectivity index (χ0v) is 15.5. The molecule has 0 saturated carbocycles. The van der Waals surface area contributed by atoms with Gasteiger partial charge in [-0.25, -0.2) is 4.79 Å². The SMILES string of the molecule is CCOC(=O)c1ccc(N2C(=O)/C(=C/c3cccc(O)c3)SC2=S)cc1. The quantitative estimate of drug-likeness (QED) is 0.488. The van der Waals surface area contributed by atoms with E-state index in [2.05, 4.69) is 0 Å². The molecule has 1 heterocycles. The number of hydrogen-bond acceptors (Lipinski definition) is 6. The van der Waals surface area contributed by atoms with Crippen LogP contribution in [0.2, 0.25) is 0 Å². The molecule has 5 nitrogen and oxygen atoms in total. The van der Waals surface area contributed by atoms with Crippen molar-refractivity contribution in [1.82, 2.24) is 0 Å². The molecule has 132 valence electrons. The lowest BCUT2D eigenvalue weighted by Crippen LogP contribution is -2.27. The molecule has 1 saturated heterocycles. The van der Waals surface area contributed by atoms with E-state index < -0.39 is 5.97 Å². The van der Waals surface area contributed by atoms with Gasteiger partial charge in [0.15, 0.2) is 4.32 Å². The van der Waals surface area contributed by atoms with Crippen molar-refractivity contribution in [3.8, 4) is 5.75 Å². The van der Waals surface area contributed by atoms with Crippen LogP contribution in [-0.2, 0) is 9.53 Å². The van der Waals surface area contributed by atoms with Gasteiger partial charge in [0, 0.05) is 0 Å². The molecule has 0 radical (unpaired) electrons. The predicted octanol–water partition coefficient (Wildman–Crippen LogP) is 3.97. The van der Waals surface area contributed by atoms with E-state index in [0.29, 0.717) is 32.6 Å². The number of amides is 1. The summed E-state index contributed by atoms with van der Waals surface area (Å²) in [5, 5.41) is 9.55. The molecule has 7 heteroatoms. The molecule has 1 aliphatic rings. The Morgan fingerprint density at radius 3 is 2.65 bits per heavy atom. The lowest BCUT2D eigenvalue weighted by molar-refractivity contribution is -0.113. The minimum absolute atomic E-state index is 0.129. The molecular weight excluding hydrogens is 370 g/mol. The number of rotatable bonds is 4. The first-order chi connectivity index (χ1) is 12.5. The van der Waals surface area contributed by atoms with Crippen molar-refractivity contribution in [1.29, 1.82) is 0 Å². The second kappa shape index (κ2) is 7.72. The normalized spacial score (nSPS) is 15.6. The number of carbonyl (C=O) groups is 2. The van der Waals surface area contributed by atoms with Crippen LogP contribution in [-0.4, -0.2) is 27.9 Å². The fraction of sp³-hybridized carbons (Fsp3) is 0.105. The largest absolute Gasteiger partial charge is 0.508 e. The number of ether oxygens (including phenoxy) is 1. The molecule has 1 aliphatic heterocycles. The molecule has 0 aliphatic carbocycles. The summed E-state index contributed by atoms with van der Waals surface area (Å²) < 4.78 is 5.36. The number of thioether (sulfide) groups is 1. The molecule has 2 aromatic rings. The van der Waals surface area contributed by atoms with Gasteiger partial charge < -0.3 is 9.84 Å². The lowest BCUT2D eigenvalue weighted by Gasteiger charge is -2.14. The van der Waals surface area contributed by atoms with Crippen LogP contribution in [0.5, 0.6) is 5.75 Å². The van der Waals surface area contributed by atoms with Gasteiger partial charge >= 0.3 is 5.97 Å². The average molecular weight is 385 g/mol. The molecule has 1 amide bonds. The highest BCUT2D eigenvalue weighted by molar-refractivity contribution is 8.27. The highest BCUT2D eigenvalue weighted by Crippen LogP contribution is 2.36. The molecule has 0 unspecified atom stereocenters. The van der Waals surface area contributed by atoms with Gasteiger partial charge in [-0.1, -0.05) is 36.1 Å². The maximum absolute atomic E-state index is 12.7. The zero-order valence-electron chi connectivity index (χ0n) is 13.8. The van der Waals surface area contributed by atoms with Crippen molar-refractivity contribution in [3.05, 3.63) is 64.6 Å². The third-order valence-electron chi connectivity index (χ3n) is 3.60. The molecule has 0 bridgehead atoms. The van der Waals surface area contributed by atoms with E-state index in [-0.39, 0.29) is 11.7 Å². The van der Waals surface area contributed by atoms with E-state index in [9.17, 15) is 14.7 Å². The Hall–Kier alpha value is -2.64. The fourth-order valence-corrected chi connectivity index (χ4v) is 3.72. The first kappa shape index (κ1) is 18.2. The van der Waals surface area contributed by atoms with E-state index in [1.54, 1.807) is 61.5 Å². The van der Waals surface area contributed by atoms with Gasteiger partial charge in [0.1, 0.15) is 5.75 Å². The number of thiocarbonyl (C=S) groups is 1. The number of hydrogen-bond donors (Lipinski definition) is 1. The van der Waals surface area contributed by atoms with Crippen molar-refractivity contribution in [2.24, 2.45) is 0 Å². The highest BCUT2D eigenvalue weighted by Gasteiger charge is 2.33. The maximum Gasteiger partial charge on any atom is 0.338 e. The Bertz CT molecular complexity index is 906. The third kappa shape index (κ3) is 3.79. The van der Waals surface area contributed by atoms with Gasteiger partial charge in [-0.3, -0.25) is 9.69 Å². The summed E-state index contributed by atoms with van der Waals surface area (Å²) in [7, 11) is 0. The molecule has 0 spiro atoms. The van der Waals surface area contributed by atoms with Gasteiger partial charge in [-0.15, -0.1) is 0 Å². The Kier molecular flexibility index (Phi) is 5.39. The van der Waals surface area contributed by atoms with E-state index >= 15 is 0 Å². The van der Waals surface area contributed by atoms with Crippen molar-refractivity contribution in [2.75, 3.05) is 11.5 Å². The summed E-state index contributed by atoms with van der Waals surface area (Å²) in [5.74, 6) is -0.524. The third-order valence-corrected chi connectivity index (χ3v) is 4.90. The standard InChI is InChI=1S/C19H15NO4S2/c1-2-24-18(23)13-6-8-14(9-7-13)20-17(22)16(26-19(20)25)11-12-4-3-5-15(21)10-12/h3-11,21H,2H2,1H3/b16-11-. The van der Waals surface area contributed by atoms with Gasteiger partial charge in [-0.05, 0) is 55.0 Å². The minimum Gasteiger partial charge on any atom is -0.508 e. The minimum atomic E-state index is -0.409. The highest BCUT2D eigenvalue weighted by atomic mass is 32.2. The second-order valence-electron chi connectivity index (χ2n) is 5.38. The van der Waals surface area contributed by atoms with E-state index in [1.807, 2.05) is 0 Å². The predicted molar refractivity (Wildman–Crippen MR) is 106 cm³/mol. The molecule has 26 heavy (non-hydrogen) atoms. The Morgan fingerprint density at radius 1 is 1.27 bits per heavy atom. The first-order valence-electron chi connectivity index (χ1n) is 7.84. The lowest BCUT2D eigenvalue weighted by atomic mass is 10.2. The molecule has 0 atom stereocenters. The molecule has 0 aromatic heterocycles. The number of carbonyl (C=O) groups excluding carboxylic acids is 2. The molecule has 1 N–H and O–H groups in total. The first-order valence-corrected chi connectivity index (χ1v) is 9.06. The number of phenolic OH excluding ortho intramolecular Hbond substituents is 1. The fourth-order valence-electron chi connectivity index (χ4n) is 2.42. The second-order valence-corrected chi connectivity index (χ2v) is 7.06. The topological polar surface area (TPSA) is 66.8 Å². The van der Waals surface area contributed by atoms with E-state index in [1.165, 1.54) is 16.7 Å². The van der Waals surface area contributed by atoms with Crippen molar-refractivity contribution >= 4 is 51.9 Å². The summed E-state index contributed by atoms with van der Waals surface area (Å²) in [6.07, 6.45) is 1.69. The summed E-state index contributed by atoms with van der Waals surface area (Å²) in [6.45, 7) is 2.04. The number of anilines is 1. The van der Waals surface area contributed by atoms with Gasteiger partial charge in [0.25, 0.3) is 5.91 Å². The zero-order chi connectivity index (χ0) is 18.7. The van der Waals surface area contributed by atoms with Crippen LogP contribution in [0.1, 0.15) is 22.8 Å². The van der Waals surface area contributed by atoms with Crippen LogP contribution >= 0.6 is 24.0 Å². The van der Waals surface area contributed by atoms with Crippen LogP contribution < -0.4 is 4.90 Å². The molecule has 2 aromatic carbocycles. The van der Waals surface area contributed by atoms with Crippen molar-refractivity contribution in [2.45, 2.75) is 6.92 Å². The van der Waals surface area contributed by atoms with Crippen LogP contribution in [0.4, 0.5) is 5.69 Å². The maximum atomic E-state index is 12.7. The van der Waals surface area contributed by atoms with Crippen molar-refractivity contribution < 1.29 is 19.4 Å². The number of nitrogens with zero attached hydrogens (tertiary/aromatic N) is 1. The number of aromatic hydroxyl groups is 1. The molecule has 1 fully saturated rings. The smallest absolute Gasteiger partial charge is 0.338 e. The van der Waals surface area contributed by atoms with Crippen LogP contribution in [0.15, 0.2) is 53.4 Å². The monoisotopic (exact) mass is 385 g/mol. The van der Waals surface area contributed by atoms with Gasteiger partial charge in [0.05, 0.1) is 22.8 Å². The van der Waals surface area contributed by atoms with Gasteiger partial charge in [0.2, 0.25) is 0 Å². The average Bonchev–Trinajstić information content (AvgIpc) is 2.89. The van der Waals surface area contributed by atoms with E-state index in [4.69, 9.17) is 17.0 Å². The molecule has 3 rings (SSSR count). The van der Waals surface area contributed by atoms with Crippen LogP contribution in [0.25, 0.3) is 6.08 Å². The van der Waals surface area contributed by atoms with Gasteiger partial charge in [-0.2, -0.15) is 0 Å². The summed E-state index contributed by atoms with van der Waals surface area (Å²) in [4.78, 5) is 26.3. The number of phenols is 1. The summed E-state index contributed by atoms with van der Waals surface area (Å²) in [6, 6.07) is 13.2.